The predicted molar refractivity (Wildman–Crippen MR) is 134 cm³/mol. The number of rotatable bonds is 7. The van der Waals surface area contributed by atoms with Crippen LogP contribution in [0.5, 0.6) is 0 Å². The molecule has 3 unspecified atom stereocenters. The first-order valence-corrected chi connectivity index (χ1v) is 12.3. The molecular formula is C24H35N5O4S. The largest absolute Gasteiger partial charge is 0.480 e. The SMILES string of the molecule is O=C(O)CN1CCCN2CCN(CC1)CC(Cc1ccc(N=C=S)cc1)CN(CC(=O)O)CC2. The Kier molecular flexibility index (Phi) is 10.6. The van der Waals surface area contributed by atoms with Crippen LogP contribution < -0.4 is 0 Å². The monoisotopic (exact) mass is 489 g/mol. The second-order valence-electron chi connectivity index (χ2n) is 9.23. The van der Waals surface area contributed by atoms with E-state index in [2.05, 4.69) is 37.1 Å². The van der Waals surface area contributed by atoms with E-state index in [9.17, 15) is 19.8 Å². The summed E-state index contributed by atoms with van der Waals surface area (Å²) in [4.78, 5) is 35.8. The van der Waals surface area contributed by atoms with E-state index in [1.54, 1.807) is 0 Å². The molecule has 2 heterocycles. The van der Waals surface area contributed by atoms with Crippen LogP contribution in [0.4, 0.5) is 5.69 Å². The Labute approximate surface area is 206 Å². The molecule has 2 fully saturated rings. The molecule has 3 atom stereocenters. The molecule has 10 heteroatoms. The maximum Gasteiger partial charge on any atom is 0.317 e. The Morgan fingerprint density at radius 3 is 2.18 bits per heavy atom. The molecule has 2 aliphatic heterocycles. The summed E-state index contributed by atoms with van der Waals surface area (Å²) >= 11 is 4.68. The van der Waals surface area contributed by atoms with Crippen LogP contribution in [0.2, 0.25) is 0 Å². The number of carboxylic acid groups (broad SMARTS) is 2. The van der Waals surface area contributed by atoms with Crippen molar-refractivity contribution in [3.05, 3.63) is 29.8 Å². The summed E-state index contributed by atoms with van der Waals surface area (Å²) in [6, 6.07) is 7.94. The third-order valence-corrected chi connectivity index (χ3v) is 6.62. The van der Waals surface area contributed by atoms with Crippen molar-refractivity contribution >= 4 is 35.0 Å². The van der Waals surface area contributed by atoms with Crippen molar-refractivity contribution in [1.29, 1.82) is 0 Å². The molecule has 0 amide bonds. The number of aliphatic imine (C=N–C) groups is 1. The first kappa shape index (κ1) is 26.4. The summed E-state index contributed by atoms with van der Waals surface area (Å²) in [5.74, 6) is -1.33. The van der Waals surface area contributed by atoms with Gasteiger partial charge in [0.1, 0.15) is 0 Å². The van der Waals surface area contributed by atoms with Gasteiger partial charge in [-0.25, -0.2) is 0 Å². The molecule has 0 radical (unpaired) electrons. The number of thiocarbonyl (C=S) groups is 1. The number of aliphatic carboxylic acids is 2. The van der Waals surface area contributed by atoms with Crippen LogP contribution in [0, 0.1) is 5.92 Å². The molecule has 2 N–H and O–H groups in total. The zero-order chi connectivity index (χ0) is 24.3. The lowest BCUT2D eigenvalue weighted by Gasteiger charge is -2.38. The van der Waals surface area contributed by atoms with E-state index in [0.717, 1.165) is 70.9 Å². The van der Waals surface area contributed by atoms with Gasteiger partial charge in [-0.05, 0) is 55.2 Å². The molecule has 2 bridgehead atoms. The number of hydrogen-bond acceptors (Lipinski definition) is 8. The summed E-state index contributed by atoms with van der Waals surface area (Å²) in [6.45, 7) is 8.23. The molecule has 1 aromatic carbocycles. The molecule has 1 aromatic rings. The van der Waals surface area contributed by atoms with Gasteiger partial charge in [0.15, 0.2) is 0 Å². The number of carbonyl (C=O) groups is 2. The van der Waals surface area contributed by atoms with Crippen LogP contribution in [0.15, 0.2) is 29.3 Å². The van der Waals surface area contributed by atoms with E-state index in [-0.39, 0.29) is 19.0 Å². The summed E-state index contributed by atoms with van der Waals surface area (Å²) in [6.07, 6.45) is 1.74. The molecule has 2 aliphatic rings. The number of nitrogens with zero attached hydrogens (tertiary/aromatic N) is 5. The van der Waals surface area contributed by atoms with Crippen LogP contribution in [0.25, 0.3) is 0 Å². The summed E-state index contributed by atoms with van der Waals surface area (Å²) in [5.41, 5.74) is 1.95. The minimum Gasteiger partial charge on any atom is -0.480 e. The van der Waals surface area contributed by atoms with Crippen LogP contribution in [0.3, 0.4) is 0 Å². The second kappa shape index (κ2) is 13.6. The van der Waals surface area contributed by atoms with E-state index in [1.807, 2.05) is 29.2 Å². The maximum absolute atomic E-state index is 11.5. The van der Waals surface area contributed by atoms with E-state index < -0.39 is 11.9 Å². The minimum absolute atomic E-state index is 0.0407. The van der Waals surface area contributed by atoms with E-state index in [0.29, 0.717) is 13.1 Å². The Morgan fingerprint density at radius 2 is 1.47 bits per heavy atom. The van der Waals surface area contributed by atoms with Crippen molar-refractivity contribution in [1.82, 2.24) is 19.6 Å². The van der Waals surface area contributed by atoms with Crippen LogP contribution in [0.1, 0.15) is 12.0 Å². The highest BCUT2D eigenvalue weighted by atomic mass is 32.1. The zero-order valence-corrected chi connectivity index (χ0v) is 20.5. The van der Waals surface area contributed by atoms with Crippen molar-refractivity contribution in [3.63, 3.8) is 0 Å². The summed E-state index contributed by atoms with van der Waals surface area (Å²) in [7, 11) is 0. The molecule has 2 saturated heterocycles. The van der Waals surface area contributed by atoms with Crippen molar-refractivity contribution in [3.8, 4) is 0 Å². The van der Waals surface area contributed by atoms with Gasteiger partial charge in [-0.1, -0.05) is 12.1 Å². The molecule has 0 saturated carbocycles. The Hall–Kier alpha value is -2.20. The smallest absolute Gasteiger partial charge is 0.317 e. The molecule has 3 rings (SSSR count). The highest BCUT2D eigenvalue weighted by Gasteiger charge is 2.24. The fourth-order valence-electron chi connectivity index (χ4n) is 4.89. The fourth-order valence-corrected chi connectivity index (χ4v) is 5.00. The van der Waals surface area contributed by atoms with Gasteiger partial charge in [0.25, 0.3) is 0 Å². The van der Waals surface area contributed by atoms with Crippen molar-refractivity contribution < 1.29 is 19.8 Å². The van der Waals surface area contributed by atoms with Gasteiger partial charge in [0.05, 0.1) is 23.9 Å². The molecule has 0 aliphatic carbocycles. The van der Waals surface area contributed by atoms with E-state index in [4.69, 9.17) is 0 Å². The van der Waals surface area contributed by atoms with Crippen LogP contribution >= 0.6 is 12.2 Å². The average Bonchev–Trinajstić information content (AvgIpc) is 2.78. The highest BCUT2D eigenvalue weighted by Crippen LogP contribution is 2.18. The number of isothiocyanates is 1. The standard InChI is InChI=1S/C24H35N5O4S/c30-23(31)17-27-7-1-6-26-8-10-28(12-11-27)15-21(16-29(13-9-26)18-24(32)33)14-20-2-4-22(5-3-20)25-19-34/h2-5,21H,1,6-18H2,(H,30,31)(H,32,33). The Morgan fingerprint density at radius 1 is 0.853 bits per heavy atom. The maximum atomic E-state index is 11.5. The molecule has 9 nitrogen and oxygen atoms in total. The molecule has 34 heavy (non-hydrogen) atoms. The van der Waals surface area contributed by atoms with Crippen molar-refractivity contribution in [2.45, 2.75) is 12.8 Å². The topological polar surface area (TPSA) is 99.9 Å². The lowest BCUT2D eigenvalue weighted by Crippen LogP contribution is -2.50. The van der Waals surface area contributed by atoms with Gasteiger partial charge >= 0.3 is 11.9 Å². The van der Waals surface area contributed by atoms with Crippen LogP contribution in [-0.4, -0.2) is 125 Å². The van der Waals surface area contributed by atoms with Crippen LogP contribution in [-0.2, 0) is 16.0 Å². The first-order chi connectivity index (χ1) is 16.4. The molecule has 0 aromatic heterocycles. The van der Waals surface area contributed by atoms with E-state index >= 15 is 0 Å². The predicted octanol–water partition coefficient (Wildman–Crippen LogP) is 1.37. The quantitative estimate of drug-likeness (QED) is 0.435. The number of benzene rings is 1. The van der Waals surface area contributed by atoms with Crippen molar-refractivity contribution in [2.75, 3.05) is 78.5 Å². The van der Waals surface area contributed by atoms with Gasteiger partial charge in [-0.3, -0.25) is 19.4 Å². The molecular weight excluding hydrogens is 454 g/mol. The van der Waals surface area contributed by atoms with Gasteiger partial charge in [0, 0.05) is 58.9 Å². The first-order valence-electron chi connectivity index (χ1n) is 11.9. The van der Waals surface area contributed by atoms with Gasteiger partial charge in [0.2, 0.25) is 0 Å². The zero-order valence-electron chi connectivity index (χ0n) is 19.6. The fraction of sp³-hybridized carbons (Fsp3) is 0.625. The third kappa shape index (κ3) is 9.21. The van der Waals surface area contributed by atoms with E-state index in [1.165, 1.54) is 5.56 Å². The lowest BCUT2D eigenvalue weighted by molar-refractivity contribution is -0.139. The van der Waals surface area contributed by atoms with Gasteiger partial charge in [-0.15, -0.1) is 0 Å². The number of fused-ring (bicyclic) bond motifs is 3. The Bertz CT molecular complexity index is 861. The third-order valence-electron chi connectivity index (χ3n) is 6.53. The molecule has 186 valence electrons. The number of carboxylic acids is 2. The summed E-state index contributed by atoms with van der Waals surface area (Å²) in [5, 5.41) is 21.2. The lowest BCUT2D eigenvalue weighted by atomic mass is 9.97. The van der Waals surface area contributed by atoms with Gasteiger partial charge < -0.3 is 20.0 Å². The Balaban J connectivity index is 1.77. The molecule has 0 spiro atoms. The van der Waals surface area contributed by atoms with Crippen molar-refractivity contribution in [2.24, 2.45) is 10.9 Å². The highest BCUT2D eigenvalue weighted by molar-refractivity contribution is 7.78. The summed E-state index contributed by atoms with van der Waals surface area (Å²) < 4.78 is 0. The normalized spacial score (nSPS) is 25.2. The second-order valence-corrected chi connectivity index (χ2v) is 9.42. The minimum atomic E-state index is -0.799. The van der Waals surface area contributed by atoms with Gasteiger partial charge in [-0.2, -0.15) is 4.99 Å². The average molecular weight is 490 g/mol. The number of hydrogen-bond donors (Lipinski definition) is 2.